The number of hydrogen-bond acceptors (Lipinski definition) is 3. The number of nitrogens with zero attached hydrogens (tertiary/aromatic N) is 2. The Morgan fingerprint density at radius 3 is 3.33 bits per heavy atom. The first-order valence-electron chi connectivity index (χ1n) is 4.20. The monoisotopic (exact) mass is 164 g/mol. The van der Waals surface area contributed by atoms with Crippen molar-refractivity contribution in [3.8, 4) is 0 Å². The van der Waals surface area contributed by atoms with Gasteiger partial charge in [-0.3, -0.25) is 4.98 Å². The van der Waals surface area contributed by atoms with Gasteiger partial charge in [0.05, 0.1) is 18.5 Å². The predicted octanol–water partition coefficient (Wildman–Crippen LogP) is 0.436. The van der Waals surface area contributed by atoms with E-state index in [0.717, 1.165) is 19.5 Å². The molecule has 0 fully saturated rings. The first-order chi connectivity index (χ1) is 5.92. The van der Waals surface area contributed by atoms with Crippen molar-refractivity contribution in [2.24, 2.45) is 0 Å². The molecule has 2 heterocycles. The molecule has 0 amide bonds. The highest BCUT2D eigenvalue weighted by Crippen LogP contribution is 2.25. The van der Waals surface area contributed by atoms with Crippen molar-refractivity contribution in [3.05, 3.63) is 24.0 Å². The zero-order chi connectivity index (χ0) is 8.39. The van der Waals surface area contributed by atoms with Crippen LogP contribution in [0, 0.1) is 0 Å². The summed E-state index contributed by atoms with van der Waals surface area (Å²) in [5.41, 5.74) is 2.53. The molecule has 12 heavy (non-hydrogen) atoms. The number of aliphatic hydroxyl groups excluding tert-OH is 1. The molecule has 0 aliphatic carbocycles. The van der Waals surface area contributed by atoms with Crippen LogP contribution in [-0.4, -0.2) is 29.8 Å². The maximum Gasteiger partial charge on any atom is 0.0606 e. The molecule has 3 nitrogen and oxygen atoms in total. The largest absolute Gasteiger partial charge is 0.395 e. The number of rotatable bonds is 2. The highest BCUT2D eigenvalue weighted by molar-refractivity contribution is 5.55. The highest BCUT2D eigenvalue weighted by atomic mass is 16.3. The van der Waals surface area contributed by atoms with E-state index in [1.165, 1.54) is 11.3 Å². The molecule has 0 aromatic carbocycles. The van der Waals surface area contributed by atoms with Crippen LogP contribution < -0.4 is 4.90 Å². The van der Waals surface area contributed by atoms with Gasteiger partial charge in [0.2, 0.25) is 0 Å². The number of pyridine rings is 1. The SMILES string of the molecule is OCCN1CCc2ccncc21. The third-order valence-corrected chi connectivity index (χ3v) is 2.25. The Morgan fingerprint density at radius 2 is 2.50 bits per heavy atom. The number of hydrogen-bond donors (Lipinski definition) is 1. The summed E-state index contributed by atoms with van der Waals surface area (Å²) in [6.07, 6.45) is 4.77. The molecule has 0 bridgehead atoms. The molecule has 0 unspecified atom stereocenters. The standard InChI is InChI=1S/C9H12N2O/c12-6-5-11-4-2-8-1-3-10-7-9(8)11/h1,3,7,12H,2,4-6H2. The van der Waals surface area contributed by atoms with Crippen LogP contribution in [0.4, 0.5) is 5.69 Å². The van der Waals surface area contributed by atoms with Crippen LogP contribution in [-0.2, 0) is 6.42 Å². The lowest BCUT2D eigenvalue weighted by molar-refractivity contribution is 0.303. The molecule has 0 spiro atoms. The van der Waals surface area contributed by atoms with Crippen LogP contribution in [0.5, 0.6) is 0 Å². The first-order valence-corrected chi connectivity index (χ1v) is 4.20. The number of anilines is 1. The molecular formula is C9H12N2O. The van der Waals surface area contributed by atoms with Gasteiger partial charge >= 0.3 is 0 Å². The Morgan fingerprint density at radius 1 is 1.58 bits per heavy atom. The topological polar surface area (TPSA) is 36.4 Å². The molecule has 0 atom stereocenters. The van der Waals surface area contributed by atoms with E-state index in [2.05, 4.69) is 9.88 Å². The third-order valence-electron chi connectivity index (χ3n) is 2.25. The second-order valence-electron chi connectivity index (χ2n) is 2.97. The molecule has 3 heteroatoms. The predicted molar refractivity (Wildman–Crippen MR) is 47.2 cm³/mol. The molecule has 1 aliphatic heterocycles. The fraction of sp³-hybridized carbons (Fsp3) is 0.444. The van der Waals surface area contributed by atoms with Crippen molar-refractivity contribution in [1.29, 1.82) is 0 Å². The number of aromatic nitrogens is 1. The van der Waals surface area contributed by atoms with Crippen LogP contribution in [0.25, 0.3) is 0 Å². The normalized spacial score (nSPS) is 14.9. The van der Waals surface area contributed by atoms with Gasteiger partial charge in [-0.05, 0) is 18.1 Å². The van der Waals surface area contributed by atoms with Gasteiger partial charge in [-0.1, -0.05) is 0 Å². The zero-order valence-electron chi connectivity index (χ0n) is 6.90. The van der Waals surface area contributed by atoms with Crippen LogP contribution in [0.15, 0.2) is 18.5 Å². The molecule has 64 valence electrons. The van der Waals surface area contributed by atoms with E-state index in [1.807, 2.05) is 18.5 Å². The van der Waals surface area contributed by atoms with Gasteiger partial charge in [-0.15, -0.1) is 0 Å². The number of fused-ring (bicyclic) bond motifs is 1. The summed E-state index contributed by atoms with van der Waals surface area (Å²) in [4.78, 5) is 6.23. The van der Waals surface area contributed by atoms with Crippen molar-refractivity contribution in [2.45, 2.75) is 6.42 Å². The summed E-state index contributed by atoms with van der Waals surface area (Å²) in [7, 11) is 0. The van der Waals surface area contributed by atoms with Crippen LogP contribution in [0.1, 0.15) is 5.56 Å². The Bertz CT molecular complexity index is 273. The zero-order valence-corrected chi connectivity index (χ0v) is 6.90. The minimum absolute atomic E-state index is 0.217. The second kappa shape index (κ2) is 3.11. The lowest BCUT2D eigenvalue weighted by Gasteiger charge is -2.16. The van der Waals surface area contributed by atoms with E-state index < -0.39 is 0 Å². The Balaban J connectivity index is 2.24. The summed E-state index contributed by atoms with van der Waals surface area (Å²) in [5.74, 6) is 0. The Kier molecular flexibility index (Phi) is 1.96. The molecule has 0 saturated heterocycles. The van der Waals surface area contributed by atoms with E-state index in [0.29, 0.717) is 0 Å². The van der Waals surface area contributed by atoms with Crippen molar-refractivity contribution < 1.29 is 5.11 Å². The molecule has 1 aromatic heterocycles. The lowest BCUT2D eigenvalue weighted by Crippen LogP contribution is -2.23. The molecule has 1 N–H and O–H groups in total. The molecule has 1 aromatic rings. The Hall–Kier alpha value is -1.09. The smallest absolute Gasteiger partial charge is 0.0606 e. The molecule has 1 aliphatic rings. The first kappa shape index (κ1) is 7.55. The van der Waals surface area contributed by atoms with Crippen LogP contribution >= 0.6 is 0 Å². The van der Waals surface area contributed by atoms with Gasteiger partial charge < -0.3 is 10.0 Å². The van der Waals surface area contributed by atoms with Gasteiger partial charge in [-0.2, -0.15) is 0 Å². The van der Waals surface area contributed by atoms with E-state index in [-0.39, 0.29) is 6.61 Å². The fourth-order valence-corrected chi connectivity index (χ4v) is 1.64. The summed E-state index contributed by atoms with van der Waals surface area (Å²) in [5, 5.41) is 8.79. The third kappa shape index (κ3) is 1.16. The van der Waals surface area contributed by atoms with Crippen molar-refractivity contribution >= 4 is 5.69 Å². The summed E-state index contributed by atoms with van der Waals surface area (Å²) >= 11 is 0. The highest BCUT2D eigenvalue weighted by Gasteiger charge is 2.17. The van der Waals surface area contributed by atoms with Crippen molar-refractivity contribution in [2.75, 3.05) is 24.6 Å². The summed E-state index contributed by atoms with van der Waals surface area (Å²) in [6, 6.07) is 2.05. The van der Waals surface area contributed by atoms with E-state index in [4.69, 9.17) is 5.11 Å². The quantitative estimate of drug-likeness (QED) is 0.689. The minimum Gasteiger partial charge on any atom is -0.395 e. The summed E-state index contributed by atoms with van der Waals surface area (Å²) in [6.45, 7) is 1.95. The Labute approximate surface area is 71.7 Å². The van der Waals surface area contributed by atoms with Gasteiger partial charge in [0.25, 0.3) is 0 Å². The number of aliphatic hydroxyl groups is 1. The lowest BCUT2D eigenvalue weighted by atomic mass is 10.2. The number of β-amino-alcohol motifs (C(OH)–C–C–N with tert-alkyl or cyclic N) is 1. The van der Waals surface area contributed by atoms with Gasteiger partial charge in [0, 0.05) is 19.3 Å². The maximum atomic E-state index is 8.79. The van der Waals surface area contributed by atoms with Gasteiger partial charge in [0.15, 0.2) is 0 Å². The molecular weight excluding hydrogens is 152 g/mol. The van der Waals surface area contributed by atoms with Crippen molar-refractivity contribution in [3.63, 3.8) is 0 Å². The van der Waals surface area contributed by atoms with E-state index in [9.17, 15) is 0 Å². The molecule has 0 saturated carbocycles. The van der Waals surface area contributed by atoms with E-state index >= 15 is 0 Å². The summed E-state index contributed by atoms with van der Waals surface area (Å²) < 4.78 is 0. The van der Waals surface area contributed by atoms with Gasteiger partial charge in [-0.25, -0.2) is 0 Å². The van der Waals surface area contributed by atoms with Crippen LogP contribution in [0.3, 0.4) is 0 Å². The van der Waals surface area contributed by atoms with E-state index in [1.54, 1.807) is 0 Å². The van der Waals surface area contributed by atoms with Crippen LogP contribution in [0.2, 0.25) is 0 Å². The maximum absolute atomic E-state index is 8.79. The fourth-order valence-electron chi connectivity index (χ4n) is 1.64. The molecule has 0 radical (unpaired) electrons. The second-order valence-corrected chi connectivity index (χ2v) is 2.97. The van der Waals surface area contributed by atoms with Gasteiger partial charge in [0.1, 0.15) is 0 Å². The minimum atomic E-state index is 0.217. The van der Waals surface area contributed by atoms with Crippen molar-refractivity contribution in [1.82, 2.24) is 4.98 Å². The average Bonchev–Trinajstić information content (AvgIpc) is 2.50. The molecule has 2 rings (SSSR count). The average molecular weight is 164 g/mol.